The highest BCUT2D eigenvalue weighted by Crippen LogP contribution is 2.35. The van der Waals surface area contributed by atoms with E-state index in [4.69, 9.17) is 11.6 Å². The van der Waals surface area contributed by atoms with Gasteiger partial charge in [0, 0.05) is 5.75 Å². The van der Waals surface area contributed by atoms with Gasteiger partial charge in [-0.15, -0.1) is 0 Å². The molecular formula is C10H8ClF4N3S. The molecule has 0 saturated heterocycles. The van der Waals surface area contributed by atoms with Crippen LogP contribution >= 0.6 is 23.4 Å². The van der Waals surface area contributed by atoms with E-state index in [0.717, 1.165) is 5.75 Å². The number of nitrogens with one attached hydrogen (secondary N) is 2. The van der Waals surface area contributed by atoms with Crippen LogP contribution in [-0.4, -0.2) is 17.5 Å². The fraction of sp³-hybridized carbons (Fsp3) is 0.300. The number of hydrogen-bond donors (Lipinski definition) is 2. The summed E-state index contributed by atoms with van der Waals surface area (Å²) in [7, 11) is 0. The molecule has 0 spiro atoms. The topological polar surface area (TPSA) is 36.4 Å². The number of halogens is 5. The van der Waals surface area contributed by atoms with Gasteiger partial charge in [0.1, 0.15) is 11.5 Å². The molecule has 1 aromatic carbocycles. The molecule has 0 aliphatic carbocycles. The van der Waals surface area contributed by atoms with Gasteiger partial charge in [0.05, 0.1) is 17.1 Å². The van der Waals surface area contributed by atoms with Gasteiger partial charge in [-0.3, -0.25) is 15.8 Å². The molecule has 0 aromatic heterocycles. The normalized spacial score (nSPS) is 15.3. The summed E-state index contributed by atoms with van der Waals surface area (Å²) in [5, 5.41) is 0.179. The largest absolute Gasteiger partial charge is 0.416 e. The number of aliphatic imine (C=N–C) groups is 1. The van der Waals surface area contributed by atoms with Crippen LogP contribution in [0, 0.1) is 5.82 Å². The fourth-order valence-electron chi connectivity index (χ4n) is 1.38. The van der Waals surface area contributed by atoms with Crippen molar-refractivity contribution in [2.75, 3.05) is 17.7 Å². The lowest BCUT2D eigenvalue weighted by Crippen LogP contribution is -2.26. The Balaban J connectivity index is 2.17. The molecule has 104 valence electrons. The molecule has 0 saturated carbocycles. The second-order valence-corrected chi connectivity index (χ2v) is 5.09. The molecule has 0 unspecified atom stereocenters. The predicted molar refractivity (Wildman–Crippen MR) is 67.9 cm³/mol. The van der Waals surface area contributed by atoms with Gasteiger partial charge in [0.2, 0.25) is 0 Å². The van der Waals surface area contributed by atoms with Gasteiger partial charge < -0.3 is 0 Å². The average molecular weight is 314 g/mol. The third-order valence-electron chi connectivity index (χ3n) is 2.25. The van der Waals surface area contributed by atoms with Crippen molar-refractivity contribution in [3.63, 3.8) is 0 Å². The van der Waals surface area contributed by atoms with Crippen molar-refractivity contribution in [3.8, 4) is 0 Å². The number of hydrogen-bond acceptors (Lipinski definition) is 4. The molecule has 1 aliphatic rings. The Hall–Kier alpha value is -1.15. The number of rotatable bonds is 2. The highest BCUT2D eigenvalue weighted by Gasteiger charge is 2.32. The first-order valence-electron chi connectivity index (χ1n) is 5.13. The summed E-state index contributed by atoms with van der Waals surface area (Å²) in [5.74, 6) is -0.288. The van der Waals surface area contributed by atoms with E-state index in [2.05, 4.69) is 15.8 Å². The summed E-state index contributed by atoms with van der Waals surface area (Å²) in [6, 6.07) is 1.05. The van der Waals surface area contributed by atoms with Gasteiger partial charge in [-0.05, 0) is 12.1 Å². The van der Waals surface area contributed by atoms with Crippen molar-refractivity contribution >= 4 is 34.2 Å². The highest BCUT2D eigenvalue weighted by molar-refractivity contribution is 8.14. The minimum absolute atomic E-state index is 0.245. The first-order valence-corrected chi connectivity index (χ1v) is 6.50. The molecule has 1 heterocycles. The van der Waals surface area contributed by atoms with E-state index in [1.807, 2.05) is 0 Å². The van der Waals surface area contributed by atoms with E-state index < -0.39 is 17.6 Å². The molecule has 0 fully saturated rings. The molecule has 3 nitrogen and oxygen atoms in total. The molecule has 0 amide bonds. The van der Waals surface area contributed by atoms with Crippen LogP contribution in [0.2, 0.25) is 5.02 Å². The minimum atomic E-state index is -4.64. The first-order chi connectivity index (χ1) is 8.88. The molecule has 0 atom stereocenters. The van der Waals surface area contributed by atoms with Gasteiger partial charge >= 0.3 is 6.18 Å². The number of amidine groups is 1. The Labute approximate surface area is 115 Å². The van der Waals surface area contributed by atoms with Crippen LogP contribution in [0.15, 0.2) is 17.1 Å². The van der Waals surface area contributed by atoms with Crippen molar-refractivity contribution in [3.05, 3.63) is 28.5 Å². The van der Waals surface area contributed by atoms with Crippen LogP contribution in [0.3, 0.4) is 0 Å². The smallest absolute Gasteiger partial charge is 0.295 e. The van der Waals surface area contributed by atoms with E-state index in [1.165, 1.54) is 11.8 Å². The molecule has 2 N–H and O–H groups in total. The molecule has 1 aliphatic heterocycles. The van der Waals surface area contributed by atoms with Crippen molar-refractivity contribution < 1.29 is 17.6 Å². The monoisotopic (exact) mass is 313 g/mol. The number of thioether (sulfide) groups is 1. The molecule has 2 rings (SSSR count). The van der Waals surface area contributed by atoms with Crippen molar-refractivity contribution in [2.45, 2.75) is 6.18 Å². The van der Waals surface area contributed by atoms with Crippen LogP contribution in [0.25, 0.3) is 0 Å². The van der Waals surface area contributed by atoms with E-state index >= 15 is 0 Å². The number of hydrazine groups is 1. The Morgan fingerprint density at radius 2 is 2.00 bits per heavy atom. The Bertz CT molecular complexity index is 495. The lowest BCUT2D eigenvalue weighted by molar-refractivity contribution is -0.137. The SMILES string of the molecule is Fc1cc(C(F)(F)F)cc(Cl)c1NNC1=NCCS1. The quantitative estimate of drug-likeness (QED) is 0.648. The molecule has 0 bridgehead atoms. The summed E-state index contributed by atoms with van der Waals surface area (Å²) in [6.07, 6.45) is -4.64. The molecule has 19 heavy (non-hydrogen) atoms. The molecule has 9 heteroatoms. The first kappa shape index (κ1) is 14.3. The van der Waals surface area contributed by atoms with Crippen molar-refractivity contribution in [1.29, 1.82) is 0 Å². The summed E-state index contributed by atoms with van der Waals surface area (Å²) in [6.45, 7) is 0.637. The van der Waals surface area contributed by atoms with E-state index in [-0.39, 0.29) is 10.7 Å². The van der Waals surface area contributed by atoms with Crippen LogP contribution in [-0.2, 0) is 6.18 Å². The Morgan fingerprint density at radius 1 is 1.26 bits per heavy atom. The maximum Gasteiger partial charge on any atom is 0.416 e. The van der Waals surface area contributed by atoms with Gasteiger partial charge in [0.15, 0.2) is 5.17 Å². The van der Waals surface area contributed by atoms with Gasteiger partial charge in [-0.1, -0.05) is 23.4 Å². The summed E-state index contributed by atoms with van der Waals surface area (Å²) in [5.41, 5.74) is 3.64. The van der Waals surface area contributed by atoms with Crippen LogP contribution in [0.4, 0.5) is 23.2 Å². The van der Waals surface area contributed by atoms with Crippen LogP contribution in [0.1, 0.15) is 5.56 Å². The minimum Gasteiger partial charge on any atom is -0.295 e. The van der Waals surface area contributed by atoms with Gasteiger partial charge in [-0.2, -0.15) is 13.2 Å². The molecule has 1 aromatic rings. The Morgan fingerprint density at radius 3 is 2.53 bits per heavy atom. The summed E-state index contributed by atoms with van der Waals surface area (Å²) in [4.78, 5) is 4.03. The van der Waals surface area contributed by atoms with Crippen molar-refractivity contribution in [2.24, 2.45) is 4.99 Å². The fourth-order valence-corrected chi connectivity index (χ4v) is 2.32. The summed E-state index contributed by atoms with van der Waals surface area (Å²) >= 11 is 7.05. The van der Waals surface area contributed by atoms with Crippen molar-refractivity contribution in [1.82, 2.24) is 5.43 Å². The average Bonchev–Trinajstić information content (AvgIpc) is 2.79. The zero-order valence-corrected chi connectivity index (χ0v) is 10.9. The van der Waals surface area contributed by atoms with Gasteiger partial charge in [-0.25, -0.2) is 4.39 Å². The predicted octanol–water partition coefficient (Wildman–Crippen LogP) is 3.52. The third-order valence-corrected chi connectivity index (χ3v) is 3.44. The second kappa shape index (κ2) is 5.46. The second-order valence-electron chi connectivity index (χ2n) is 3.60. The summed E-state index contributed by atoms with van der Waals surface area (Å²) < 4.78 is 50.9. The van der Waals surface area contributed by atoms with E-state index in [0.29, 0.717) is 23.8 Å². The number of alkyl halides is 3. The third kappa shape index (κ3) is 3.44. The molecule has 0 radical (unpaired) electrons. The lowest BCUT2D eigenvalue weighted by Gasteiger charge is -2.14. The Kier molecular flexibility index (Phi) is 4.10. The maximum atomic E-state index is 13.6. The maximum absolute atomic E-state index is 13.6. The zero-order valence-electron chi connectivity index (χ0n) is 9.31. The number of nitrogens with zero attached hydrogens (tertiary/aromatic N) is 1. The highest BCUT2D eigenvalue weighted by atomic mass is 35.5. The van der Waals surface area contributed by atoms with E-state index in [9.17, 15) is 17.6 Å². The van der Waals surface area contributed by atoms with Gasteiger partial charge in [0.25, 0.3) is 0 Å². The number of benzene rings is 1. The van der Waals surface area contributed by atoms with Crippen LogP contribution < -0.4 is 10.9 Å². The molecular weight excluding hydrogens is 306 g/mol. The lowest BCUT2D eigenvalue weighted by atomic mass is 10.2. The number of anilines is 1. The van der Waals surface area contributed by atoms with Crippen LogP contribution in [0.5, 0.6) is 0 Å². The zero-order chi connectivity index (χ0) is 14.0. The van der Waals surface area contributed by atoms with E-state index in [1.54, 1.807) is 0 Å². The standard InChI is InChI=1S/C10H8ClF4N3S/c11-6-3-5(10(13,14)15)4-7(12)8(6)17-18-9-16-1-2-19-9/h3-4,17H,1-2H2,(H,16,18).